The Balaban J connectivity index is 2.12. The van der Waals surface area contributed by atoms with Crippen molar-refractivity contribution in [3.63, 3.8) is 0 Å². The number of carbonyl (C=O) groups is 1. The van der Waals surface area contributed by atoms with Crippen molar-refractivity contribution in [1.29, 1.82) is 0 Å². The van der Waals surface area contributed by atoms with Gasteiger partial charge >= 0.3 is 5.97 Å². The molecule has 0 spiro atoms. The number of carboxylic acid groups (broad SMARTS) is 1. The number of aryl methyl sites for hydroxylation is 2. The molecule has 5 heteroatoms. The SMILES string of the molecule is Cc1cc(C)cc(-n2nc(C(=O)O)cc2C2CCCO2)c1. The normalized spacial score (nSPS) is 18.1. The van der Waals surface area contributed by atoms with Crippen LogP contribution in [0.5, 0.6) is 0 Å². The van der Waals surface area contributed by atoms with Gasteiger partial charge in [0.25, 0.3) is 0 Å². The predicted octanol–water partition coefficient (Wildman–Crippen LogP) is 3.04. The third-order valence-electron chi connectivity index (χ3n) is 3.67. The Morgan fingerprint density at radius 2 is 2.00 bits per heavy atom. The Kier molecular flexibility index (Phi) is 3.51. The van der Waals surface area contributed by atoms with Crippen LogP contribution in [0.1, 0.15) is 46.3 Å². The molecule has 3 rings (SSSR count). The summed E-state index contributed by atoms with van der Waals surface area (Å²) in [6, 6.07) is 7.71. The van der Waals surface area contributed by atoms with Crippen molar-refractivity contribution in [3.05, 3.63) is 46.8 Å². The van der Waals surface area contributed by atoms with Gasteiger partial charge in [0.2, 0.25) is 0 Å². The van der Waals surface area contributed by atoms with E-state index in [4.69, 9.17) is 4.74 Å². The first kappa shape index (κ1) is 13.8. The van der Waals surface area contributed by atoms with E-state index in [1.54, 1.807) is 10.7 Å². The topological polar surface area (TPSA) is 64.4 Å². The van der Waals surface area contributed by atoms with Gasteiger partial charge in [0.1, 0.15) is 0 Å². The quantitative estimate of drug-likeness (QED) is 0.942. The Labute approximate surface area is 123 Å². The van der Waals surface area contributed by atoms with E-state index in [-0.39, 0.29) is 11.8 Å². The number of benzene rings is 1. The van der Waals surface area contributed by atoms with Crippen molar-refractivity contribution in [2.24, 2.45) is 0 Å². The number of hydrogen-bond acceptors (Lipinski definition) is 3. The minimum atomic E-state index is -1.02. The van der Waals surface area contributed by atoms with E-state index < -0.39 is 5.97 Å². The molecule has 1 aromatic carbocycles. The summed E-state index contributed by atoms with van der Waals surface area (Å²) in [6.45, 7) is 4.75. The van der Waals surface area contributed by atoms with Gasteiger partial charge in [-0.1, -0.05) is 6.07 Å². The van der Waals surface area contributed by atoms with Crippen LogP contribution >= 0.6 is 0 Å². The predicted molar refractivity (Wildman–Crippen MR) is 77.9 cm³/mol. The first-order valence-electron chi connectivity index (χ1n) is 7.08. The molecule has 0 radical (unpaired) electrons. The highest BCUT2D eigenvalue weighted by Gasteiger charge is 2.25. The molecule has 1 N–H and O–H groups in total. The van der Waals surface area contributed by atoms with Crippen LogP contribution in [0.15, 0.2) is 24.3 Å². The third kappa shape index (κ3) is 2.69. The fraction of sp³-hybridized carbons (Fsp3) is 0.375. The zero-order valence-corrected chi connectivity index (χ0v) is 12.2. The first-order chi connectivity index (χ1) is 10.0. The van der Waals surface area contributed by atoms with Crippen molar-refractivity contribution >= 4 is 5.97 Å². The van der Waals surface area contributed by atoms with E-state index in [9.17, 15) is 9.90 Å². The average molecular weight is 286 g/mol. The highest BCUT2D eigenvalue weighted by atomic mass is 16.5. The summed E-state index contributed by atoms with van der Waals surface area (Å²) >= 11 is 0. The molecule has 2 aromatic rings. The Morgan fingerprint density at radius 3 is 2.57 bits per heavy atom. The standard InChI is InChI=1S/C16H18N2O3/c1-10-6-11(2)8-12(7-10)18-14(15-4-3-5-21-15)9-13(17-18)16(19)20/h6-9,15H,3-5H2,1-2H3,(H,19,20). The summed E-state index contributed by atoms with van der Waals surface area (Å²) in [5.74, 6) is -1.02. The molecule has 0 aliphatic carbocycles. The van der Waals surface area contributed by atoms with Crippen molar-refractivity contribution in [2.75, 3.05) is 6.61 Å². The fourth-order valence-electron chi connectivity index (χ4n) is 2.82. The van der Waals surface area contributed by atoms with Crippen molar-refractivity contribution in [1.82, 2.24) is 9.78 Å². The van der Waals surface area contributed by atoms with Gasteiger partial charge in [-0.3, -0.25) is 0 Å². The van der Waals surface area contributed by atoms with Crippen LogP contribution < -0.4 is 0 Å². The van der Waals surface area contributed by atoms with Crippen LogP contribution in [0, 0.1) is 13.8 Å². The van der Waals surface area contributed by atoms with Crippen LogP contribution in [-0.2, 0) is 4.74 Å². The van der Waals surface area contributed by atoms with E-state index in [2.05, 4.69) is 11.2 Å². The molecular formula is C16H18N2O3. The second-order valence-electron chi connectivity index (χ2n) is 5.52. The van der Waals surface area contributed by atoms with Crippen molar-refractivity contribution in [2.45, 2.75) is 32.8 Å². The maximum absolute atomic E-state index is 11.2. The number of carboxylic acids is 1. The average Bonchev–Trinajstić information content (AvgIpc) is 3.06. The van der Waals surface area contributed by atoms with E-state index >= 15 is 0 Å². The number of aromatic carboxylic acids is 1. The molecular weight excluding hydrogens is 268 g/mol. The van der Waals surface area contributed by atoms with Gasteiger partial charge in [0.05, 0.1) is 17.5 Å². The summed E-state index contributed by atoms with van der Waals surface area (Å²) in [7, 11) is 0. The van der Waals surface area contributed by atoms with Crippen molar-refractivity contribution in [3.8, 4) is 5.69 Å². The molecule has 0 amide bonds. The van der Waals surface area contributed by atoms with Gasteiger partial charge < -0.3 is 9.84 Å². The molecule has 1 aliphatic rings. The maximum atomic E-state index is 11.2. The molecule has 5 nitrogen and oxygen atoms in total. The lowest BCUT2D eigenvalue weighted by Crippen LogP contribution is -2.08. The summed E-state index contributed by atoms with van der Waals surface area (Å²) in [4.78, 5) is 11.2. The van der Waals surface area contributed by atoms with Gasteiger partial charge in [-0.05, 0) is 56.0 Å². The monoisotopic (exact) mass is 286 g/mol. The Bertz CT molecular complexity index is 665. The van der Waals surface area contributed by atoms with Crippen LogP contribution in [0.4, 0.5) is 0 Å². The van der Waals surface area contributed by atoms with E-state index in [1.165, 1.54) is 0 Å². The number of nitrogens with zero attached hydrogens (tertiary/aromatic N) is 2. The Hall–Kier alpha value is -2.14. The molecule has 0 bridgehead atoms. The maximum Gasteiger partial charge on any atom is 0.356 e. The number of aromatic nitrogens is 2. The molecule has 1 atom stereocenters. The first-order valence-corrected chi connectivity index (χ1v) is 7.08. The molecule has 0 saturated carbocycles. The van der Waals surface area contributed by atoms with Crippen LogP contribution in [-0.4, -0.2) is 27.5 Å². The largest absolute Gasteiger partial charge is 0.476 e. The molecule has 1 saturated heterocycles. The van der Waals surface area contributed by atoms with Crippen LogP contribution in [0.2, 0.25) is 0 Å². The molecule has 1 unspecified atom stereocenters. The number of ether oxygens (including phenoxy) is 1. The summed E-state index contributed by atoms with van der Waals surface area (Å²) in [5, 5.41) is 13.4. The lowest BCUT2D eigenvalue weighted by molar-refractivity contribution is 0.0690. The molecule has 1 fully saturated rings. The summed E-state index contributed by atoms with van der Waals surface area (Å²) in [6.07, 6.45) is 1.81. The van der Waals surface area contributed by atoms with Crippen molar-refractivity contribution < 1.29 is 14.6 Å². The smallest absolute Gasteiger partial charge is 0.356 e. The Morgan fingerprint density at radius 1 is 1.29 bits per heavy atom. The highest BCUT2D eigenvalue weighted by Crippen LogP contribution is 2.31. The molecule has 110 valence electrons. The molecule has 1 aliphatic heterocycles. The fourth-order valence-corrected chi connectivity index (χ4v) is 2.82. The second-order valence-corrected chi connectivity index (χ2v) is 5.52. The number of hydrogen-bond donors (Lipinski definition) is 1. The van der Waals surface area contributed by atoms with Crippen LogP contribution in [0.3, 0.4) is 0 Å². The minimum Gasteiger partial charge on any atom is -0.476 e. The van der Waals surface area contributed by atoms with Gasteiger partial charge in [0.15, 0.2) is 5.69 Å². The van der Waals surface area contributed by atoms with Gasteiger partial charge in [-0.2, -0.15) is 5.10 Å². The van der Waals surface area contributed by atoms with Crippen LogP contribution in [0.25, 0.3) is 5.69 Å². The molecule has 2 heterocycles. The van der Waals surface area contributed by atoms with E-state index in [0.29, 0.717) is 6.61 Å². The lowest BCUT2D eigenvalue weighted by atomic mass is 10.1. The van der Waals surface area contributed by atoms with Gasteiger partial charge in [-0.15, -0.1) is 0 Å². The summed E-state index contributed by atoms with van der Waals surface area (Å²) < 4.78 is 7.41. The number of rotatable bonds is 3. The van der Waals surface area contributed by atoms with Gasteiger partial charge in [-0.25, -0.2) is 9.48 Å². The van der Waals surface area contributed by atoms with E-state index in [1.807, 2.05) is 26.0 Å². The zero-order chi connectivity index (χ0) is 15.0. The lowest BCUT2D eigenvalue weighted by Gasteiger charge is -2.13. The highest BCUT2D eigenvalue weighted by molar-refractivity contribution is 5.85. The minimum absolute atomic E-state index is 0.0552. The molecule has 1 aromatic heterocycles. The molecule has 21 heavy (non-hydrogen) atoms. The van der Waals surface area contributed by atoms with E-state index in [0.717, 1.165) is 35.3 Å². The second kappa shape index (κ2) is 5.33. The third-order valence-corrected chi connectivity index (χ3v) is 3.67. The zero-order valence-electron chi connectivity index (χ0n) is 12.2. The van der Waals surface area contributed by atoms with Gasteiger partial charge in [0, 0.05) is 6.61 Å². The summed E-state index contributed by atoms with van der Waals surface area (Å²) in [5.41, 5.74) is 3.99.